The van der Waals surface area contributed by atoms with E-state index < -0.39 is 0 Å². The molecule has 1 amide bonds. The third kappa shape index (κ3) is 4.44. The van der Waals surface area contributed by atoms with E-state index in [0.717, 1.165) is 16.1 Å². The lowest BCUT2D eigenvalue weighted by Gasteiger charge is -2.08. The van der Waals surface area contributed by atoms with Crippen LogP contribution in [0.25, 0.3) is 22.0 Å². The summed E-state index contributed by atoms with van der Waals surface area (Å²) in [7, 11) is 0. The minimum absolute atomic E-state index is 0.126. The molecule has 0 radical (unpaired) electrons. The van der Waals surface area contributed by atoms with E-state index in [2.05, 4.69) is 53.3 Å². The first-order chi connectivity index (χ1) is 14.0. The van der Waals surface area contributed by atoms with Crippen LogP contribution in [0.4, 0.5) is 5.13 Å². The van der Waals surface area contributed by atoms with E-state index in [0.29, 0.717) is 23.3 Å². The van der Waals surface area contributed by atoms with Crippen molar-refractivity contribution in [2.45, 2.75) is 33.6 Å². The van der Waals surface area contributed by atoms with E-state index in [1.54, 1.807) is 11.3 Å². The highest BCUT2D eigenvalue weighted by atomic mass is 32.1. The summed E-state index contributed by atoms with van der Waals surface area (Å²) in [6.45, 7) is 6.26. The molecule has 0 fully saturated rings. The van der Waals surface area contributed by atoms with Gasteiger partial charge >= 0.3 is 0 Å². The summed E-state index contributed by atoms with van der Waals surface area (Å²) in [5.41, 5.74) is 5.61. The van der Waals surface area contributed by atoms with Gasteiger partial charge in [-0.25, -0.2) is 4.98 Å². The molecule has 3 heterocycles. The molecule has 8 heteroatoms. The van der Waals surface area contributed by atoms with Gasteiger partial charge < -0.3 is 9.84 Å². The number of aryl methyl sites for hydroxylation is 4. The smallest absolute Gasteiger partial charge is 0.227 e. The Balaban J connectivity index is 1.37. The number of benzene rings is 1. The SMILES string of the molecule is Cc1cc(C)c(-c2csc(NC(=O)CCc3nc(-c4cccs4)no3)n2)c(C)c1. The van der Waals surface area contributed by atoms with E-state index >= 15 is 0 Å². The molecule has 6 nitrogen and oxygen atoms in total. The topological polar surface area (TPSA) is 80.9 Å². The summed E-state index contributed by atoms with van der Waals surface area (Å²) in [4.78, 5) is 22.2. The van der Waals surface area contributed by atoms with Gasteiger partial charge in [0.15, 0.2) is 5.13 Å². The molecule has 1 N–H and O–H groups in total. The summed E-state index contributed by atoms with van der Waals surface area (Å²) in [5.74, 6) is 0.886. The van der Waals surface area contributed by atoms with Crippen molar-refractivity contribution >= 4 is 33.7 Å². The maximum atomic E-state index is 12.3. The zero-order valence-corrected chi connectivity index (χ0v) is 18.0. The van der Waals surface area contributed by atoms with E-state index in [1.807, 2.05) is 22.9 Å². The molecule has 0 saturated carbocycles. The molecule has 0 atom stereocenters. The van der Waals surface area contributed by atoms with Crippen molar-refractivity contribution in [2.24, 2.45) is 0 Å². The summed E-state index contributed by atoms with van der Waals surface area (Å²) in [5, 5.41) is 11.4. The van der Waals surface area contributed by atoms with Crippen molar-refractivity contribution in [2.75, 3.05) is 5.32 Å². The van der Waals surface area contributed by atoms with Crippen LogP contribution in [0.2, 0.25) is 0 Å². The maximum Gasteiger partial charge on any atom is 0.227 e. The van der Waals surface area contributed by atoms with Gasteiger partial charge in [-0.15, -0.1) is 22.7 Å². The van der Waals surface area contributed by atoms with Crippen molar-refractivity contribution in [1.29, 1.82) is 0 Å². The largest absolute Gasteiger partial charge is 0.339 e. The molecule has 0 aliphatic heterocycles. The lowest BCUT2D eigenvalue weighted by atomic mass is 9.98. The summed E-state index contributed by atoms with van der Waals surface area (Å²) < 4.78 is 5.24. The second kappa shape index (κ2) is 8.26. The van der Waals surface area contributed by atoms with Crippen LogP contribution in [0.3, 0.4) is 0 Å². The quantitative estimate of drug-likeness (QED) is 0.447. The number of aromatic nitrogens is 3. The van der Waals surface area contributed by atoms with Gasteiger partial charge in [-0.3, -0.25) is 4.79 Å². The third-order valence-electron chi connectivity index (χ3n) is 4.46. The molecule has 148 valence electrons. The van der Waals surface area contributed by atoms with Crippen molar-refractivity contribution < 1.29 is 9.32 Å². The number of anilines is 1. The summed E-state index contributed by atoms with van der Waals surface area (Å²) in [6, 6.07) is 8.17. The molecule has 4 rings (SSSR count). The van der Waals surface area contributed by atoms with Crippen molar-refractivity contribution in [3.63, 3.8) is 0 Å². The summed E-state index contributed by atoms with van der Waals surface area (Å²) in [6.07, 6.45) is 0.641. The molecule has 0 unspecified atom stereocenters. The number of rotatable bonds is 6. The molecule has 0 bridgehead atoms. The molecule has 3 aromatic heterocycles. The van der Waals surface area contributed by atoms with Gasteiger partial charge in [0, 0.05) is 23.8 Å². The van der Waals surface area contributed by atoms with Crippen molar-refractivity contribution in [3.05, 3.63) is 57.6 Å². The highest BCUT2D eigenvalue weighted by molar-refractivity contribution is 7.14. The highest BCUT2D eigenvalue weighted by Crippen LogP contribution is 2.31. The van der Waals surface area contributed by atoms with Crippen molar-refractivity contribution in [1.82, 2.24) is 15.1 Å². The average Bonchev–Trinajstić information content (AvgIpc) is 3.41. The monoisotopic (exact) mass is 424 g/mol. The van der Waals surface area contributed by atoms with Crippen LogP contribution in [-0.4, -0.2) is 21.0 Å². The van der Waals surface area contributed by atoms with Crippen LogP contribution in [0.15, 0.2) is 39.5 Å². The van der Waals surface area contributed by atoms with Crippen LogP contribution in [0.1, 0.15) is 29.0 Å². The molecule has 0 aliphatic carbocycles. The first-order valence-corrected chi connectivity index (χ1v) is 11.0. The minimum Gasteiger partial charge on any atom is -0.339 e. The van der Waals surface area contributed by atoms with E-state index in [9.17, 15) is 4.79 Å². The number of nitrogens with one attached hydrogen (secondary N) is 1. The molecule has 0 aliphatic rings. The van der Waals surface area contributed by atoms with Crippen LogP contribution in [0, 0.1) is 20.8 Å². The second-order valence-electron chi connectivity index (χ2n) is 6.85. The Morgan fingerprint density at radius 1 is 1.14 bits per heavy atom. The fraction of sp³-hybridized carbons (Fsp3) is 0.238. The molecule has 1 aromatic carbocycles. The maximum absolute atomic E-state index is 12.3. The molecular formula is C21H20N4O2S2. The number of amides is 1. The molecule has 4 aromatic rings. The first-order valence-electron chi connectivity index (χ1n) is 9.19. The van der Waals surface area contributed by atoms with Gasteiger partial charge in [-0.2, -0.15) is 4.98 Å². The van der Waals surface area contributed by atoms with Gasteiger partial charge in [-0.1, -0.05) is 28.9 Å². The fourth-order valence-electron chi connectivity index (χ4n) is 3.29. The zero-order chi connectivity index (χ0) is 20.4. The van der Waals surface area contributed by atoms with Gasteiger partial charge in [0.05, 0.1) is 10.6 Å². The van der Waals surface area contributed by atoms with Crippen LogP contribution in [0.5, 0.6) is 0 Å². The Morgan fingerprint density at radius 2 is 1.93 bits per heavy atom. The summed E-state index contributed by atoms with van der Waals surface area (Å²) >= 11 is 2.97. The van der Waals surface area contributed by atoms with Crippen LogP contribution in [-0.2, 0) is 11.2 Å². The zero-order valence-electron chi connectivity index (χ0n) is 16.4. The Bertz CT molecular complexity index is 1120. The number of nitrogens with zero attached hydrogens (tertiary/aromatic N) is 3. The predicted molar refractivity (Wildman–Crippen MR) is 116 cm³/mol. The van der Waals surface area contributed by atoms with E-state index in [1.165, 1.54) is 28.0 Å². The van der Waals surface area contributed by atoms with Crippen LogP contribution < -0.4 is 5.32 Å². The minimum atomic E-state index is -0.126. The Kier molecular flexibility index (Phi) is 5.55. The van der Waals surface area contributed by atoms with Crippen molar-refractivity contribution in [3.8, 4) is 22.0 Å². The number of hydrogen-bond acceptors (Lipinski definition) is 7. The predicted octanol–water partition coefficient (Wildman–Crippen LogP) is 5.42. The molecule has 29 heavy (non-hydrogen) atoms. The Morgan fingerprint density at radius 3 is 2.66 bits per heavy atom. The fourth-order valence-corrected chi connectivity index (χ4v) is 4.66. The van der Waals surface area contributed by atoms with E-state index in [4.69, 9.17) is 4.52 Å². The molecule has 0 saturated heterocycles. The normalized spacial score (nSPS) is 11.0. The lowest BCUT2D eigenvalue weighted by Crippen LogP contribution is -2.12. The number of hydrogen-bond donors (Lipinski definition) is 1. The third-order valence-corrected chi connectivity index (χ3v) is 6.08. The molecular weight excluding hydrogens is 404 g/mol. The van der Waals surface area contributed by atoms with Crippen LogP contribution >= 0.6 is 22.7 Å². The Labute approximate surface area is 176 Å². The first kappa shape index (κ1) is 19.5. The number of thiazole rings is 1. The molecule has 0 spiro atoms. The number of thiophene rings is 1. The van der Waals surface area contributed by atoms with Gasteiger partial charge in [0.1, 0.15) is 0 Å². The average molecular weight is 425 g/mol. The lowest BCUT2D eigenvalue weighted by molar-refractivity contribution is -0.116. The van der Waals surface area contributed by atoms with Gasteiger partial charge in [-0.05, 0) is 43.3 Å². The van der Waals surface area contributed by atoms with Gasteiger partial charge in [0.2, 0.25) is 17.6 Å². The number of carbonyl (C=O) groups excluding carboxylic acids is 1. The second-order valence-corrected chi connectivity index (χ2v) is 8.65. The number of carbonyl (C=O) groups is 1. The van der Waals surface area contributed by atoms with E-state index in [-0.39, 0.29) is 12.3 Å². The highest BCUT2D eigenvalue weighted by Gasteiger charge is 2.14. The Hall–Kier alpha value is -2.84. The standard InChI is InChI=1S/C21H20N4O2S2/c1-12-9-13(2)19(14(3)10-12)15-11-29-21(22-15)23-17(26)6-7-18-24-20(25-27-18)16-5-4-8-28-16/h4-5,8-11H,6-7H2,1-3H3,(H,22,23,26). The van der Waals surface area contributed by atoms with Gasteiger partial charge in [0.25, 0.3) is 0 Å².